The molecule has 16 heavy (non-hydrogen) atoms. The number of hydrogen-bond donors (Lipinski definition) is 1. The maximum atomic E-state index is 12.4. The molecule has 0 aliphatic carbocycles. The van der Waals surface area contributed by atoms with Crippen LogP contribution in [0.3, 0.4) is 0 Å². The van der Waals surface area contributed by atoms with Crippen molar-refractivity contribution in [2.24, 2.45) is 5.73 Å². The van der Waals surface area contributed by atoms with E-state index in [0.29, 0.717) is 5.56 Å². The van der Waals surface area contributed by atoms with Gasteiger partial charge in [-0.25, -0.2) is 0 Å². The molecule has 0 fully saturated rings. The van der Waals surface area contributed by atoms with Crippen LogP contribution in [0.1, 0.15) is 17.2 Å². The quantitative estimate of drug-likeness (QED) is 0.631. The maximum Gasteiger partial charge on any atom is 0.407 e. The average Bonchev–Trinajstić information content (AvgIpc) is 2.14. The number of rotatable bonds is 2. The molecule has 0 radical (unpaired) electrons. The second kappa shape index (κ2) is 4.09. The fraction of sp³-hybridized carbons (Fsp3) is 0.333. The van der Waals surface area contributed by atoms with Crippen LogP contribution in [0.25, 0.3) is 0 Å². The Hall–Kier alpha value is -1.63. The summed E-state index contributed by atoms with van der Waals surface area (Å²) in [5.74, 6) is 0. The van der Waals surface area contributed by atoms with Crippen LogP contribution >= 0.6 is 0 Å². The zero-order valence-electron chi connectivity index (χ0n) is 8.28. The van der Waals surface area contributed by atoms with Crippen LogP contribution in [0.2, 0.25) is 0 Å². The molecule has 0 saturated heterocycles. The van der Waals surface area contributed by atoms with Crippen LogP contribution < -0.4 is 5.73 Å². The van der Waals surface area contributed by atoms with Crippen molar-refractivity contribution >= 4 is 5.69 Å². The number of hydrogen-bond acceptors (Lipinski definition) is 3. The molecule has 0 heterocycles. The van der Waals surface area contributed by atoms with E-state index in [1.165, 1.54) is 13.0 Å². The van der Waals surface area contributed by atoms with Crippen LogP contribution in [0, 0.1) is 17.0 Å². The fourth-order valence-corrected chi connectivity index (χ4v) is 1.27. The molecule has 1 rings (SSSR count). The van der Waals surface area contributed by atoms with Crippen molar-refractivity contribution in [1.82, 2.24) is 0 Å². The molecule has 0 bridgehead atoms. The highest BCUT2D eigenvalue weighted by atomic mass is 19.4. The van der Waals surface area contributed by atoms with E-state index in [2.05, 4.69) is 0 Å². The molecule has 1 atom stereocenters. The van der Waals surface area contributed by atoms with E-state index in [-0.39, 0.29) is 0 Å². The Morgan fingerprint density at radius 3 is 2.44 bits per heavy atom. The first-order chi connectivity index (χ1) is 7.23. The minimum absolute atomic E-state index is 0.486. The molecule has 7 heteroatoms. The van der Waals surface area contributed by atoms with Gasteiger partial charge in [-0.1, -0.05) is 11.6 Å². The molecule has 2 N–H and O–H groups in total. The molecule has 0 saturated carbocycles. The third-order valence-electron chi connectivity index (χ3n) is 2.07. The van der Waals surface area contributed by atoms with E-state index in [1.807, 2.05) is 0 Å². The van der Waals surface area contributed by atoms with Gasteiger partial charge in [0.2, 0.25) is 0 Å². The van der Waals surface area contributed by atoms with E-state index < -0.39 is 28.4 Å². The zero-order valence-corrected chi connectivity index (χ0v) is 8.28. The van der Waals surface area contributed by atoms with Gasteiger partial charge in [0.25, 0.3) is 5.69 Å². The Balaban J connectivity index is 3.30. The largest absolute Gasteiger partial charge is 0.407 e. The van der Waals surface area contributed by atoms with Crippen molar-refractivity contribution in [3.63, 3.8) is 0 Å². The van der Waals surface area contributed by atoms with Gasteiger partial charge >= 0.3 is 6.18 Å². The van der Waals surface area contributed by atoms with Crippen molar-refractivity contribution in [3.05, 3.63) is 39.4 Å². The summed E-state index contributed by atoms with van der Waals surface area (Å²) in [4.78, 5) is 9.67. The van der Waals surface area contributed by atoms with Gasteiger partial charge in [0, 0.05) is 6.07 Å². The molecule has 0 aromatic heterocycles. The fourth-order valence-electron chi connectivity index (χ4n) is 1.27. The van der Waals surface area contributed by atoms with Gasteiger partial charge in [-0.15, -0.1) is 0 Å². The molecular weight excluding hydrogens is 225 g/mol. The van der Waals surface area contributed by atoms with Gasteiger partial charge in [-0.2, -0.15) is 13.2 Å². The molecule has 0 aliphatic heterocycles. The van der Waals surface area contributed by atoms with Crippen molar-refractivity contribution in [3.8, 4) is 0 Å². The third-order valence-corrected chi connectivity index (χ3v) is 2.07. The van der Waals surface area contributed by atoms with Gasteiger partial charge in [0.1, 0.15) is 6.04 Å². The maximum absolute atomic E-state index is 12.4. The second-order valence-corrected chi connectivity index (χ2v) is 3.34. The predicted octanol–water partition coefficient (Wildman–Crippen LogP) is 2.47. The van der Waals surface area contributed by atoms with Gasteiger partial charge in [0.15, 0.2) is 0 Å². The number of aryl methyl sites for hydroxylation is 1. The van der Waals surface area contributed by atoms with Crippen molar-refractivity contribution in [2.75, 3.05) is 0 Å². The van der Waals surface area contributed by atoms with Gasteiger partial charge in [-0.05, 0) is 13.0 Å². The predicted molar refractivity (Wildman–Crippen MR) is 50.8 cm³/mol. The number of nitro benzene ring substituents is 1. The van der Waals surface area contributed by atoms with E-state index in [1.54, 1.807) is 0 Å². The number of nitro groups is 1. The van der Waals surface area contributed by atoms with E-state index in [9.17, 15) is 23.3 Å². The highest BCUT2D eigenvalue weighted by Crippen LogP contribution is 2.35. The van der Waals surface area contributed by atoms with Crippen molar-refractivity contribution in [2.45, 2.75) is 19.1 Å². The summed E-state index contributed by atoms with van der Waals surface area (Å²) >= 11 is 0. The minimum Gasteiger partial charge on any atom is -0.316 e. The normalized spacial score (nSPS) is 13.6. The first kappa shape index (κ1) is 12.4. The van der Waals surface area contributed by atoms with Crippen molar-refractivity contribution in [1.29, 1.82) is 0 Å². The van der Waals surface area contributed by atoms with Gasteiger partial charge < -0.3 is 5.73 Å². The smallest absolute Gasteiger partial charge is 0.316 e. The average molecular weight is 234 g/mol. The Labute approximate surface area is 89.0 Å². The molecule has 1 aromatic carbocycles. The summed E-state index contributed by atoms with van der Waals surface area (Å²) < 4.78 is 37.1. The Kier molecular flexibility index (Phi) is 3.18. The molecular formula is C9H9F3N2O2. The Morgan fingerprint density at radius 1 is 1.44 bits per heavy atom. The summed E-state index contributed by atoms with van der Waals surface area (Å²) in [5.41, 5.74) is 4.30. The molecule has 88 valence electrons. The third kappa shape index (κ3) is 2.48. The summed E-state index contributed by atoms with van der Waals surface area (Å²) in [7, 11) is 0. The molecule has 1 aromatic rings. The SMILES string of the molecule is Cc1ccc([N+](=O)[O-])c(C(N)C(F)(F)F)c1. The number of benzene rings is 1. The van der Waals surface area contributed by atoms with Crippen molar-refractivity contribution < 1.29 is 18.1 Å². The van der Waals surface area contributed by atoms with E-state index in [0.717, 1.165) is 12.1 Å². The standard InChI is InChI=1S/C9H9F3N2O2/c1-5-2-3-7(14(15)16)6(4-5)8(13)9(10,11)12/h2-4,8H,13H2,1H3. The van der Waals surface area contributed by atoms with Crippen LogP contribution in [-0.2, 0) is 0 Å². The highest BCUT2D eigenvalue weighted by Gasteiger charge is 2.41. The first-order valence-electron chi connectivity index (χ1n) is 4.30. The second-order valence-electron chi connectivity index (χ2n) is 3.34. The highest BCUT2D eigenvalue weighted by molar-refractivity contribution is 5.45. The lowest BCUT2D eigenvalue weighted by Gasteiger charge is -2.16. The summed E-state index contributed by atoms with van der Waals surface area (Å²) in [5, 5.41) is 10.5. The number of nitrogens with zero attached hydrogens (tertiary/aromatic N) is 1. The number of halogens is 3. The Bertz CT molecular complexity index is 418. The van der Waals surface area contributed by atoms with E-state index in [4.69, 9.17) is 5.73 Å². The lowest BCUT2D eigenvalue weighted by atomic mass is 10.0. The van der Waals surface area contributed by atoms with Crippen LogP contribution in [0.5, 0.6) is 0 Å². The first-order valence-corrected chi connectivity index (χ1v) is 4.30. The zero-order chi connectivity index (χ0) is 12.5. The topological polar surface area (TPSA) is 69.2 Å². The monoisotopic (exact) mass is 234 g/mol. The lowest BCUT2D eigenvalue weighted by molar-refractivity contribution is -0.386. The Morgan fingerprint density at radius 2 is 2.00 bits per heavy atom. The van der Waals surface area contributed by atoms with Gasteiger partial charge in [-0.3, -0.25) is 10.1 Å². The van der Waals surface area contributed by atoms with Gasteiger partial charge in [0.05, 0.1) is 10.5 Å². The summed E-state index contributed by atoms with van der Waals surface area (Å²) in [6.45, 7) is 1.54. The summed E-state index contributed by atoms with van der Waals surface area (Å²) in [6, 6.07) is 1.13. The molecule has 0 spiro atoms. The molecule has 1 unspecified atom stereocenters. The van der Waals surface area contributed by atoms with Crippen LogP contribution in [0.4, 0.5) is 18.9 Å². The summed E-state index contributed by atoms with van der Waals surface area (Å²) in [6.07, 6.45) is -4.70. The van der Waals surface area contributed by atoms with Crippen LogP contribution in [-0.4, -0.2) is 11.1 Å². The molecule has 0 amide bonds. The van der Waals surface area contributed by atoms with Crippen LogP contribution in [0.15, 0.2) is 18.2 Å². The van der Waals surface area contributed by atoms with E-state index >= 15 is 0 Å². The lowest BCUT2D eigenvalue weighted by Crippen LogP contribution is -2.29. The minimum atomic E-state index is -4.70. The molecule has 0 aliphatic rings. The number of nitrogens with two attached hydrogens (primary N) is 1. The number of alkyl halides is 3. The molecule has 4 nitrogen and oxygen atoms in total.